The number of aromatic nitrogens is 1. The molecule has 2 aromatic carbocycles. The Morgan fingerprint density at radius 3 is 2.81 bits per heavy atom. The number of benzene rings is 2. The van der Waals surface area contributed by atoms with Gasteiger partial charge in [-0.1, -0.05) is 29.8 Å². The van der Waals surface area contributed by atoms with Crippen molar-refractivity contribution >= 4 is 11.6 Å². The van der Waals surface area contributed by atoms with E-state index in [0.29, 0.717) is 11.9 Å². The predicted molar refractivity (Wildman–Crippen MR) is 128 cm³/mol. The molecule has 1 aliphatic heterocycles. The Labute approximate surface area is 189 Å². The molecule has 0 saturated carbocycles. The fourth-order valence-corrected chi connectivity index (χ4v) is 3.94. The third-order valence-corrected chi connectivity index (χ3v) is 5.70. The van der Waals surface area contributed by atoms with Gasteiger partial charge in [0.05, 0.1) is 18.5 Å². The van der Waals surface area contributed by atoms with Crippen LogP contribution in [0, 0.1) is 6.92 Å². The van der Waals surface area contributed by atoms with E-state index in [4.69, 9.17) is 9.15 Å². The molecule has 3 aromatic rings. The highest BCUT2D eigenvalue weighted by Gasteiger charge is 2.25. The number of nitrogens with one attached hydrogen (secondary N) is 2. The zero-order valence-corrected chi connectivity index (χ0v) is 19.0. The summed E-state index contributed by atoms with van der Waals surface area (Å²) in [5, 5.41) is 6.93. The highest BCUT2D eigenvalue weighted by molar-refractivity contribution is 5.80. The van der Waals surface area contributed by atoms with Crippen molar-refractivity contribution < 1.29 is 9.15 Å². The van der Waals surface area contributed by atoms with Gasteiger partial charge in [-0.2, -0.15) is 0 Å². The van der Waals surface area contributed by atoms with Gasteiger partial charge in [-0.05, 0) is 37.6 Å². The highest BCUT2D eigenvalue weighted by atomic mass is 16.5. The number of aryl methyl sites for hydroxylation is 1. The topological polar surface area (TPSA) is 74.9 Å². The Bertz CT molecular complexity index is 1040. The summed E-state index contributed by atoms with van der Waals surface area (Å²) < 4.78 is 11.2. The molecule has 4 rings (SSSR count). The van der Waals surface area contributed by atoms with Gasteiger partial charge in [0, 0.05) is 44.7 Å². The minimum Gasteiger partial charge on any atom is -0.495 e. The number of oxazole rings is 1. The summed E-state index contributed by atoms with van der Waals surface area (Å²) in [5.41, 5.74) is 4.27. The van der Waals surface area contributed by atoms with Crippen molar-refractivity contribution in [2.45, 2.75) is 25.8 Å². The first-order valence-electron chi connectivity index (χ1n) is 11.0. The molecule has 1 saturated heterocycles. The molecule has 7 heteroatoms. The van der Waals surface area contributed by atoms with E-state index in [1.54, 1.807) is 20.4 Å². The Kier molecular flexibility index (Phi) is 6.94. The third kappa shape index (κ3) is 5.22. The Morgan fingerprint density at radius 1 is 1.22 bits per heavy atom. The summed E-state index contributed by atoms with van der Waals surface area (Å²) in [6.07, 6.45) is 3.53. The molecular weight excluding hydrogens is 402 g/mol. The maximum Gasteiger partial charge on any atom is 0.226 e. The number of para-hydroxylation sites is 2. The molecule has 32 heavy (non-hydrogen) atoms. The number of methoxy groups -OCH3 is 1. The molecular formula is C25H31N5O2. The lowest BCUT2D eigenvalue weighted by molar-refractivity contribution is 0.415. The number of guanidine groups is 1. The minimum atomic E-state index is 0.325. The second-order valence-electron chi connectivity index (χ2n) is 8.01. The van der Waals surface area contributed by atoms with E-state index in [1.165, 1.54) is 5.56 Å². The highest BCUT2D eigenvalue weighted by Crippen LogP contribution is 2.30. The molecule has 1 aromatic heterocycles. The summed E-state index contributed by atoms with van der Waals surface area (Å²) in [4.78, 5) is 11.3. The van der Waals surface area contributed by atoms with E-state index >= 15 is 0 Å². The summed E-state index contributed by atoms with van der Waals surface area (Å²) in [6, 6.07) is 16.7. The summed E-state index contributed by atoms with van der Waals surface area (Å²) in [6.45, 7) is 4.68. The average molecular weight is 434 g/mol. The fraction of sp³-hybridized carbons (Fsp3) is 0.360. The molecule has 1 fully saturated rings. The van der Waals surface area contributed by atoms with Gasteiger partial charge in [0.25, 0.3) is 0 Å². The van der Waals surface area contributed by atoms with E-state index in [0.717, 1.165) is 61.1 Å². The quantitative estimate of drug-likeness (QED) is 0.438. The first-order valence-corrected chi connectivity index (χ1v) is 11.0. The van der Waals surface area contributed by atoms with Crippen LogP contribution in [0.15, 0.2) is 64.2 Å². The number of rotatable bonds is 7. The lowest BCUT2D eigenvalue weighted by Gasteiger charge is -2.22. The summed E-state index contributed by atoms with van der Waals surface area (Å²) in [7, 11) is 3.52. The molecule has 0 amide bonds. The van der Waals surface area contributed by atoms with Crippen molar-refractivity contribution in [2.24, 2.45) is 4.99 Å². The first kappa shape index (κ1) is 21.7. The van der Waals surface area contributed by atoms with Crippen molar-refractivity contribution in [1.29, 1.82) is 0 Å². The summed E-state index contributed by atoms with van der Waals surface area (Å²) in [5.74, 6) is 2.37. The van der Waals surface area contributed by atoms with Crippen molar-refractivity contribution in [1.82, 2.24) is 15.6 Å². The molecule has 1 unspecified atom stereocenters. The number of anilines is 1. The van der Waals surface area contributed by atoms with Crippen LogP contribution in [0.25, 0.3) is 11.5 Å². The molecule has 7 nitrogen and oxygen atoms in total. The van der Waals surface area contributed by atoms with Crippen molar-refractivity contribution in [3.05, 3.63) is 66.1 Å². The minimum absolute atomic E-state index is 0.325. The molecule has 2 N–H and O–H groups in total. The third-order valence-electron chi connectivity index (χ3n) is 5.70. The van der Waals surface area contributed by atoms with Crippen LogP contribution in [0.4, 0.5) is 5.69 Å². The van der Waals surface area contributed by atoms with Gasteiger partial charge < -0.3 is 24.7 Å². The van der Waals surface area contributed by atoms with Gasteiger partial charge in [0.15, 0.2) is 5.96 Å². The number of ether oxygens (including phenoxy) is 1. The van der Waals surface area contributed by atoms with Gasteiger partial charge in [0.2, 0.25) is 5.89 Å². The number of hydrogen-bond donors (Lipinski definition) is 2. The maximum atomic E-state index is 5.65. The Hall–Kier alpha value is -3.48. The lowest BCUT2D eigenvalue weighted by Crippen LogP contribution is -2.45. The molecule has 168 valence electrons. The van der Waals surface area contributed by atoms with Gasteiger partial charge >= 0.3 is 0 Å². The van der Waals surface area contributed by atoms with Gasteiger partial charge in [0.1, 0.15) is 12.0 Å². The number of aliphatic imine (C=N–C) groups is 1. The first-order chi connectivity index (χ1) is 15.7. The largest absolute Gasteiger partial charge is 0.495 e. The molecule has 0 radical (unpaired) electrons. The number of nitrogens with zero attached hydrogens (tertiary/aromatic N) is 3. The molecule has 0 aliphatic carbocycles. The van der Waals surface area contributed by atoms with Crippen LogP contribution in [-0.4, -0.2) is 50.8 Å². The van der Waals surface area contributed by atoms with E-state index in [-0.39, 0.29) is 0 Å². The zero-order valence-electron chi connectivity index (χ0n) is 19.0. The van der Waals surface area contributed by atoms with Crippen LogP contribution in [-0.2, 0) is 6.42 Å². The molecule has 1 atom stereocenters. The normalized spacial score (nSPS) is 16.3. The van der Waals surface area contributed by atoms with Crippen LogP contribution < -0.4 is 20.3 Å². The Balaban J connectivity index is 1.26. The molecule has 2 heterocycles. The van der Waals surface area contributed by atoms with E-state index < -0.39 is 0 Å². The monoisotopic (exact) mass is 433 g/mol. The van der Waals surface area contributed by atoms with E-state index in [9.17, 15) is 0 Å². The summed E-state index contributed by atoms with van der Waals surface area (Å²) >= 11 is 0. The van der Waals surface area contributed by atoms with Crippen LogP contribution in [0.3, 0.4) is 0 Å². The second kappa shape index (κ2) is 10.2. The van der Waals surface area contributed by atoms with Gasteiger partial charge in [-0.15, -0.1) is 0 Å². The van der Waals surface area contributed by atoms with Crippen molar-refractivity contribution in [3.63, 3.8) is 0 Å². The second-order valence-corrected chi connectivity index (χ2v) is 8.01. The van der Waals surface area contributed by atoms with Crippen LogP contribution >= 0.6 is 0 Å². The van der Waals surface area contributed by atoms with Crippen molar-refractivity contribution in [3.8, 4) is 17.2 Å². The van der Waals surface area contributed by atoms with E-state index in [1.807, 2.05) is 30.3 Å². The average Bonchev–Trinajstić information content (AvgIpc) is 3.49. The smallest absolute Gasteiger partial charge is 0.226 e. The molecule has 0 bridgehead atoms. The Morgan fingerprint density at radius 2 is 2.03 bits per heavy atom. The molecule has 1 aliphatic rings. The van der Waals surface area contributed by atoms with E-state index in [2.05, 4.69) is 50.6 Å². The standard InChI is InChI=1S/C25H31N5O2/c1-18-8-10-19(11-9-18)24-28-21(17-32-24)12-14-27-25(26-2)29-20-13-15-30(16-20)22-6-4-5-7-23(22)31-3/h4-11,17,20H,12-16H2,1-3H3,(H2,26,27,29). The van der Waals surface area contributed by atoms with Crippen molar-refractivity contribution in [2.75, 3.05) is 38.7 Å². The molecule has 0 spiro atoms. The maximum absolute atomic E-state index is 5.65. The van der Waals surface area contributed by atoms with Crippen LogP contribution in [0.2, 0.25) is 0 Å². The van der Waals surface area contributed by atoms with Crippen LogP contribution in [0.1, 0.15) is 17.7 Å². The predicted octanol–water partition coefficient (Wildman–Crippen LogP) is 3.65. The fourth-order valence-electron chi connectivity index (χ4n) is 3.94. The number of hydrogen-bond acceptors (Lipinski definition) is 5. The van der Waals surface area contributed by atoms with Gasteiger partial charge in [-0.3, -0.25) is 4.99 Å². The lowest BCUT2D eigenvalue weighted by atomic mass is 10.1. The SMILES string of the molecule is CN=C(NCCc1coc(-c2ccc(C)cc2)n1)NC1CCN(c2ccccc2OC)C1. The van der Waals surface area contributed by atoms with Crippen LogP contribution in [0.5, 0.6) is 5.75 Å². The van der Waals surface area contributed by atoms with Gasteiger partial charge in [-0.25, -0.2) is 4.98 Å². The zero-order chi connectivity index (χ0) is 22.3.